The number of methoxy groups -OCH3 is 1. The minimum Gasteiger partial charge on any atom is -0.497 e. The third kappa shape index (κ3) is 3.32. The van der Waals surface area contributed by atoms with Crippen molar-refractivity contribution in [2.75, 3.05) is 33.9 Å². The van der Waals surface area contributed by atoms with E-state index in [1.165, 1.54) is 5.56 Å². The summed E-state index contributed by atoms with van der Waals surface area (Å²) in [6.45, 7) is 4.54. The van der Waals surface area contributed by atoms with Crippen molar-refractivity contribution in [3.8, 4) is 5.75 Å². The first-order valence-corrected chi connectivity index (χ1v) is 7.23. The Balaban J connectivity index is 2.08. The van der Waals surface area contributed by atoms with Crippen LogP contribution < -0.4 is 10.5 Å². The van der Waals surface area contributed by atoms with Crippen LogP contribution in [0.3, 0.4) is 0 Å². The molecule has 0 amide bonds. The van der Waals surface area contributed by atoms with Gasteiger partial charge in [-0.05, 0) is 44.5 Å². The van der Waals surface area contributed by atoms with Crippen molar-refractivity contribution in [2.45, 2.75) is 31.3 Å². The molecule has 2 rings (SSSR count). The topological polar surface area (TPSA) is 47.7 Å². The molecule has 1 aliphatic rings. The highest BCUT2D eigenvalue weighted by molar-refractivity contribution is 5.28. The van der Waals surface area contributed by atoms with Gasteiger partial charge in [-0.15, -0.1) is 0 Å². The average molecular weight is 278 g/mol. The number of hydrogen-bond acceptors (Lipinski definition) is 4. The first-order chi connectivity index (χ1) is 9.59. The first kappa shape index (κ1) is 15.3. The van der Waals surface area contributed by atoms with Gasteiger partial charge in [0.05, 0.1) is 13.7 Å². The van der Waals surface area contributed by atoms with E-state index in [-0.39, 0.29) is 5.54 Å². The average Bonchev–Trinajstić information content (AvgIpc) is 3.01. The van der Waals surface area contributed by atoms with Crippen molar-refractivity contribution in [3.63, 3.8) is 0 Å². The lowest BCUT2D eigenvalue weighted by molar-refractivity contribution is 0.0784. The zero-order valence-corrected chi connectivity index (χ0v) is 12.8. The predicted octanol–water partition coefficient (Wildman–Crippen LogP) is 1.68. The van der Waals surface area contributed by atoms with Crippen molar-refractivity contribution in [3.05, 3.63) is 29.8 Å². The van der Waals surface area contributed by atoms with Crippen LogP contribution in [0.15, 0.2) is 24.3 Å². The molecule has 1 aliphatic heterocycles. The normalized spacial score (nSPS) is 21.9. The fourth-order valence-corrected chi connectivity index (χ4v) is 2.79. The molecule has 2 N–H and O–H groups in total. The quantitative estimate of drug-likeness (QED) is 0.860. The summed E-state index contributed by atoms with van der Waals surface area (Å²) in [6.07, 6.45) is 2.02. The van der Waals surface area contributed by atoms with E-state index in [2.05, 4.69) is 31.0 Å². The van der Waals surface area contributed by atoms with Crippen LogP contribution in [0.5, 0.6) is 5.75 Å². The predicted molar refractivity (Wildman–Crippen MR) is 81.1 cm³/mol. The molecule has 4 nitrogen and oxygen atoms in total. The maximum absolute atomic E-state index is 6.07. The number of ether oxygens (including phenoxy) is 2. The van der Waals surface area contributed by atoms with Crippen LogP contribution in [0.2, 0.25) is 0 Å². The lowest BCUT2D eigenvalue weighted by Crippen LogP contribution is -2.55. The minimum absolute atomic E-state index is 0.0487. The molecule has 20 heavy (non-hydrogen) atoms. The highest BCUT2D eigenvalue weighted by atomic mass is 16.5. The summed E-state index contributed by atoms with van der Waals surface area (Å²) in [5.74, 6) is 0.890. The maximum Gasteiger partial charge on any atom is 0.118 e. The number of hydrogen-bond donors (Lipinski definition) is 1. The first-order valence-electron chi connectivity index (χ1n) is 7.23. The van der Waals surface area contributed by atoms with Gasteiger partial charge < -0.3 is 15.2 Å². The van der Waals surface area contributed by atoms with Gasteiger partial charge in [-0.25, -0.2) is 0 Å². The molecule has 1 heterocycles. The molecule has 0 aromatic heterocycles. The molecule has 1 saturated heterocycles. The van der Waals surface area contributed by atoms with Crippen molar-refractivity contribution >= 4 is 0 Å². The monoisotopic (exact) mass is 278 g/mol. The third-order valence-corrected chi connectivity index (χ3v) is 4.49. The number of benzene rings is 1. The van der Waals surface area contributed by atoms with Gasteiger partial charge >= 0.3 is 0 Å². The van der Waals surface area contributed by atoms with Crippen LogP contribution in [-0.2, 0) is 11.2 Å². The molecule has 0 spiro atoms. The van der Waals surface area contributed by atoms with Crippen LogP contribution in [0.25, 0.3) is 0 Å². The molecule has 2 atom stereocenters. The van der Waals surface area contributed by atoms with Gasteiger partial charge in [0.2, 0.25) is 0 Å². The van der Waals surface area contributed by atoms with E-state index >= 15 is 0 Å². The number of nitrogens with zero attached hydrogens (tertiary/aromatic N) is 1. The summed E-state index contributed by atoms with van der Waals surface area (Å²) in [7, 11) is 3.85. The van der Waals surface area contributed by atoms with E-state index in [1.54, 1.807) is 7.11 Å². The zero-order chi connectivity index (χ0) is 14.6. The van der Waals surface area contributed by atoms with Gasteiger partial charge in [0, 0.05) is 24.7 Å². The summed E-state index contributed by atoms with van der Waals surface area (Å²) in [5, 5.41) is 0. The zero-order valence-electron chi connectivity index (χ0n) is 12.8. The maximum atomic E-state index is 6.07. The van der Waals surface area contributed by atoms with Crippen LogP contribution in [0, 0.1) is 0 Å². The Kier molecular flexibility index (Phi) is 5.02. The van der Waals surface area contributed by atoms with Crippen LogP contribution >= 0.6 is 0 Å². The van der Waals surface area contributed by atoms with E-state index in [1.807, 2.05) is 12.1 Å². The van der Waals surface area contributed by atoms with Crippen molar-refractivity contribution in [1.82, 2.24) is 4.90 Å². The molecular formula is C16H26N2O2. The summed E-state index contributed by atoms with van der Waals surface area (Å²) in [6, 6.07) is 8.72. The Morgan fingerprint density at radius 2 is 2.10 bits per heavy atom. The van der Waals surface area contributed by atoms with E-state index in [0.29, 0.717) is 12.6 Å². The van der Waals surface area contributed by atoms with Gasteiger partial charge in [-0.2, -0.15) is 0 Å². The molecule has 0 aliphatic carbocycles. The number of likely N-dealkylation sites (N-methyl/N-ethyl adjacent to an activating group) is 1. The Morgan fingerprint density at radius 1 is 1.40 bits per heavy atom. The Labute approximate surface area is 121 Å². The SMILES string of the molecule is COc1ccc(CC(C)(CN)N(C)C2CCOC2)cc1. The molecule has 1 aromatic rings. The van der Waals surface area contributed by atoms with Gasteiger partial charge in [0.15, 0.2) is 0 Å². The Morgan fingerprint density at radius 3 is 2.60 bits per heavy atom. The second-order valence-electron chi connectivity index (χ2n) is 5.85. The lowest BCUT2D eigenvalue weighted by Gasteiger charge is -2.41. The summed E-state index contributed by atoms with van der Waals surface area (Å²) in [4.78, 5) is 2.39. The van der Waals surface area contributed by atoms with E-state index < -0.39 is 0 Å². The fraction of sp³-hybridized carbons (Fsp3) is 0.625. The van der Waals surface area contributed by atoms with Crippen molar-refractivity contribution < 1.29 is 9.47 Å². The summed E-state index contributed by atoms with van der Waals surface area (Å²) < 4.78 is 10.7. The largest absolute Gasteiger partial charge is 0.497 e. The number of nitrogens with two attached hydrogens (primary N) is 1. The molecule has 1 fully saturated rings. The second kappa shape index (κ2) is 6.57. The van der Waals surface area contributed by atoms with Gasteiger partial charge in [-0.1, -0.05) is 12.1 Å². The lowest BCUT2D eigenvalue weighted by atomic mass is 9.89. The van der Waals surface area contributed by atoms with Crippen LogP contribution in [0.1, 0.15) is 18.9 Å². The molecular weight excluding hydrogens is 252 g/mol. The third-order valence-electron chi connectivity index (χ3n) is 4.49. The minimum atomic E-state index is -0.0487. The van der Waals surface area contributed by atoms with Crippen LogP contribution in [0.4, 0.5) is 0 Å². The van der Waals surface area contributed by atoms with E-state index in [9.17, 15) is 0 Å². The van der Waals surface area contributed by atoms with Gasteiger partial charge in [0.1, 0.15) is 5.75 Å². The molecule has 4 heteroatoms. The standard InChI is InChI=1S/C16H26N2O2/c1-16(12-17,18(2)14-8-9-20-11-14)10-13-4-6-15(19-3)7-5-13/h4-7,14H,8-12,17H2,1-3H3. The molecule has 0 radical (unpaired) electrons. The highest BCUT2D eigenvalue weighted by Gasteiger charge is 2.34. The Hall–Kier alpha value is -1.10. The number of rotatable bonds is 6. The van der Waals surface area contributed by atoms with Gasteiger partial charge in [0.25, 0.3) is 0 Å². The van der Waals surface area contributed by atoms with E-state index in [4.69, 9.17) is 15.2 Å². The van der Waals surface area contributed by atoms with E-state index in [0.717, 1.165) is 31.8 Å². The van der Waals surface area contributed by atoms with Gasteiger partial charge in [-0.3, -0.25) is 4.90 Å². The van der Waals surface area contributed by atoms with Crippen molar-refractivity contribution in [1.29, 1.82) is 0 Å². The summed E-state index contributed by atoms with van der Waals surface area (Å²) >= 11 is 0. The molecule has 0 bridgehead atoms. The smallest absolute Gasteiger partial charge is 0.118 e. The van der Waals surface area contributed by atoms with Crippen LogP contribution in [-0.4, -0.2) is 50.4 Å². The highest BCUT2D eigenvalue weighted by Crippen LogP contribution is 2.25. The Bertz CT molecular complexity index is 415. The second-order valence-corrected chi connectivity index (χ2v) is 5.85. The molecule has 0 saturated carbocycles. The fourth-order valence-electron chi connectivity index (χ4n) is 2.79. The molecule has 112 valence electrons. The summed E-state index contributed by atoms with van der Waals surface area (Å²) in [5.41, 5.74) is 7.31. The molecule has 1 aromatic carbocycles. The molecule has 2 unspecified atom stereocenters. The van der Waals surface area contributed by atoms with Crippen molar-refractivity contribution in [2.24, 2.45) is 5.73 Å².